The Morgan fingerprint density at radius 1 is 0.418 bits per heavy atom. The van der Waals surface area contributed by atoms with Crippen LogP contribution in [0.3, 0.4) is 0 Å². The summed E-state index contributed by atoms with van der Waals surface area (Å²) < 4.78 is 99.5. The molecule has 67 heavy (non-hydrogen) atoms. The van der Waals surface area contributed by atoms with Crippen molar-refractivity contribution in [2.24, 2.45) is 0 Å². The first-order chi connectivity index (χ1) is 32.1. The average molecular weight is 1010 g/mol. The van der Waals surface area contributed by atoms with Crippen molar-refractivity contribution in [1.82, 2.24) is 4.44 Å². The fourth-order valence-electron chi connectivity index (χ4n) is 9.71. The highest BCUT2D eigenvalue weighted by atomic mass is 31.2. The molecule has 4 aromatic rings. The van der Waals surface area contributed by atoms with E-state index >= 15 is 0 Å². The fraction of sp³-hybridized carbons (Fsp3) is 0.556. The van der Waals surface area contributed by atoms with Gasteiger partial charge in [0.15, 0.2) is 0 Å². The lowest BCUT2D eigenvalue weighted by Crippen LogP contribution is -2.49. The van der Waals surface area contributed by atoms with Gasteiger partial charge in [-0.05, 0) is 41.3 Å². The highest BCUT2D eigenvalue weighted by Crippen LogP contribution is 2.57. The normalized spacial score (nSPS) is 13.5. The third kappa shape index (κ3) is 16.7. The predicted octanol–water partition coefficient (Wildman–Crippen LogP) is 16.1. The Morgan fingerprint density at radius 3 is 1.03 bits per heavy atom. The zero-order chi connectivity index (χ0) is 48.9. The standard InChI is InChI=1S/C54H79F6NO2P2Si2/c1-8-15-36-61(64(51-34-24-22-32-49(51)62-53(55,56)57)45-28-26-30-47(43-45)66(37-16-9-2,38-17-10-3)39-18-11-4)65(52-35-25-23-33-50(52)63-54(58,59)60)46-29-27-31-48(44-46)67(40-19-12-5,41-20-13-6)42-21-14-7/h22-35,43-44H,8-21,36-42H2,1-7H3. The van der Waals surface area contributed by atoms with Crippen LogP contribution in [-0.2, 0) is 0 Å². The van der Waals surface area contributed by atoms with Crippen LogP contribution in [0.4, 0.5) is 26.3 Å². The lowest BCUT2D eigenvalue weighted by Gasteiger charge is -2.41. The van der Waals surface area contributed by atoms with Gasteiger partial charge in [-0.1, -0.05) is 251 Å². The summed E-state index contributed by atoms with van der Waals surface area (Å²) in [4.78, 5) is 0. The zero-order valence-corrected chi connectivity index (χ0v) is 45.3. The molecule has 0 amide bonds. The van der Waals surface area contributed by atoms with Crippen molar-refractivity contribution in [1.29, 1.82) is 0 Å². The molecule has 0 aliphatic heterocycles. The Bertz CT molecular complexity index is 1850. The molecule has 4 rings (SSSR count). The summed E-state index contributed by atoms with van der Waals surface area (Å²) in [5.41, 5.74) is 0. The van der Waals surface area contributed by atoms with Crippen molar-refractivity contribution in [2.75, 3.05) is 6.54 Å². The van der Waals surface area contributed by atoms with E-state index in [9.17, 15) is 26.3 Å². The maximum atomic E-state index is 14.5. The summed E-state index contributed by atoms with van der Waals surface area (Å²) in [5.74, 6) is -0.568. The number of hydrogen-bond donors (Lipinski definition) is 0. The van der Waals surface area contributed by atoms with E-state index in [-0.39, 0.29) is 11.5 Å². The number of ether oxygens (including phenoxy) is 2. The minimum atomic E-state index is -4.97. The second-order valence-electron chi connectivity index (χ2n) is 18.4. The Kier molecular flexibility index (Phi) is 24.0. The van der Waals surface area contributed by atoms with Gasteiger partial charge in [0.1, 0.15) is 11.5 Å². The quantitative estimate of drug-likeness (QED) is 0.0285. The van der Waals surface area contributed by atoms with Crippen LogP contribution in [0.2, 0.25) is 36.3 Å². The summed E-state index contributed by atoms with van der Waals surface area (Å²) in [7, 11) is -8.00. The number of alkyl halides is 6. The van der Waals surface area contributed by atoms with Crippen molar-refractivity contribution < 1.29 is 35.8 Å². The SMILES string of the molecule is CCCCN(P(c1cccc([Si](CCCC)(CCCC)CCCC)c1)c1ccccc1OC(F)(F)F)P(c1cccc([Si](CCCC)(CCCC)CCCC)c1)c1ccccc1OC(F)(F)F. The largest absolute Gasteiger partial charge is 0.573 e. The summed E-state index contributed by atoms with van der Waals surface area (Å²) in [6, 6.07) is 37.2. The molecule has 13 heteroatoms. The minimum absolute atomic E-state index is 0.284. The van der Waals surface area contributed by atoms with Crippen LogP contribution in [0.1, 0.15) is 138 Å². The van der Waals surface area contributed by atoms with E-state index in [1.54, 1.807) is 36.4 Å². The molecule has 0 radical (unpaired) electrons. The van der Waals surface area contributed by atoms with Crippen molar-refractivity contribution in [3.63, 3.8) is 0 Å². The molecule has 372 valence electrons. The summed E-state index contributed by atoms with van der Waals surface area (Å²) >= 11 is 0. The maximum absolute atomic E-state index is 14.5. The summed E-state index contributed by atoms with van der Waals surface area (Å²) in [6.45, 7) is 15.9. The van der Waals surface area contributed by atoms with Gasteiger partial charge < -0.3 is 9.47 Å². The number of rotatable bonds is 31. The molecule has 2 unspecified atom stereocenters. The van der Waals surface area contributed by atoms with E-state index in [0.717, 1.165) is 130 Å². The minimum Gasteiger partial charge on any atom is -0.405 e. The van der Waals surface area contributed by atoms with Gasteiger partial charge in [-0.25, -0.2) is 4.44 Å². The molecule has 3 nitrogen and oxygen atoms in total. The van der Waals surface area contributed by atoms with Crippen LogP contribution in [0.15, 0.2) is 97.1 Å². The number of halogens is 6. The Hall–Kier alpha value is -2.69. The fourth-order valence-corrected chi connectivity index (χ4v) is 27.5. The Balaban J connectivity index is 2.21. The van der Waals surface area contributed by atoms with Crippen LogP contribution in [0.5, 0.6) is 11.5 Å². The average Bonchev–Trinajstić information content (AvgIpc) is 3.31. The second kappa shape index (κ2) is 28.2. The van der Waals surface area contributed by atoms with Crippen LogP contribution in [0.25, 0.3) is 0 Å². The predicted molar refractivity (Wildman–Crippen MR) is 282 cm³/mol. The Morgan fingerprint density at radius 2 is 0.731 bits per heavy atom. The molecule has 0 bridgehead atoms. The van der Waals surface area contributed by atoms with E-state index in [1.807, 2.05) is 0 Å². The number of hydrogen-bond acceptors (Lipinski definition) is 3. The summed E-state index contributed by atoms with van der Waals surface area (Å²) in [5, 5.41) is 5.20. The number of nitrogens with zero attached hydrogens (tertiary/aromatic N) is 1. The number of unbranched alkanes of at least 4 members (excludes halogenated alkanes) is 7. The van der Waals surface area contributed by atoms with Crippen molar-refractivity contribution in [3.8, 4) is 11.5 Å². The van der Waals surface area contributed by atoms with E-state index in [2.05, 4.69) is 101 Å². The zero-order valence-electron chi connectivity index (χ0n) is 41.5. The van der Waals surface area contributed by atoms with Crippen LogP contribution in [-0.4, -0.2) is 39.9 Å². The lowest BCUT2D eigenvalue weighted by atomic mass is 10.3. The number of benzene rings is 4. The van der Waals surface area contributed by atoms with Crippen molar-refractivity contribution in [3.05, 3.63) is 97.1 Å². The molecule has 0 aromatic heterocycles. The third-order valence-electron chi connectivity index (χ3n) is 13.3. The molecule has 0 saturated carbocycles. The first kappa shape index (κ1) is 56.9. The first-order valence-electron chi connectivity index (χ1n) is 25.4. The molecular weight excluding hydrogens is 927 g/mol. The van der Waals surface area contributed by atoms with Gasteiger partial charge >= 0.3 is 12.7 Å². The van der Waals surface area contributed by atoms with Gasteiger partial charge in [0, 0.05) is 33.3 Å². The Labute approximate surface area is 404 Å². The summed E-state index contributed by atoms with van der Waals surface area (Å²) in [6.07, 6.45) is 4.65. The first-order valence-corrected chi connectivity index (χ1v) is 33.3. The van der Waals surface area contributed by atoms with E-state index < -0.39 is 45.0 Å². The van der Waals surface area contributed by atoms with Gasteiger partial charge in [0.25, 0.3) is 0 Å². The topological polar surface area (TPSA) is 21.7 Å². The van der Waals surface area contributed by atoms with Gasteiger partial charge in [0.2, 0.25) is 0 Å². The molecule has 0 aliphatic carbocycles. The van der Waals surface area contributed by atoms with Crippen LogP contribution < -0.4 is 41.1 Å². The van der Waals surface area contributed by atoms with Crippen molar-refractivity contribution in [2.45, 2.75) is 187 Å². The monoisotopic (exact) mass is 1010 g/mol. The third-order valence-corrected chi connectivity index (χ3v) is 29.8. The van der Waals surface area contributed by atoms with Gasteiger partial charge in [-0.3, -0.25) is 0 Å². The maximum Gasteiger partial charge on any atom is 0.573 e. The molecule has 0 saturated heterocycles. The van der Waals surface area contributed by atoms with Gasteiger partial charge in [-0.15, -0.1) is 26.3 Å². The van der Waals surface area contributed by atoms with Crippen LogP contribution in [0, 0.1) is 0 Å². The van der Waals surface area contributed by atoms with E-state index in [0.29, 0.717) is 23.6 Å². The number of para-hydroxylation sites is 2. The molecule has 0 fully saturated rings. The molecule has 0 heterocycles. The van der Waals surface area contributed by atoms with Crippen molar-refractivity contribution >= 4 is 63.9 Å². The highest BCUT2D eigenvalue weighted by Gasteiger charge is 2.42. The smallest absolute Gasteiger partial charge is 0.405 e. The second-order valence-corrected chi connectivity index (χ2v) is 32.2. The van der Waals surface area contributed by atoms with E-state index in [1.165, 1.54) is 22.5 Å². The molecule has 0 N–H and O–H groups in total. The molecule has 2 atom stereocenters. The van der Waals surface area contributed by atoms with Gasteiger partial charge in [-0.2, -0.15) is 0 Å². The van der Waals surface area contributed by atoms with Crippen LogP contribution >= 0.6 is 16.1 Å². The highest BCUT2D eigenvalue weighted by molar-refractivity contribution is 7.85. The van der Waals surface area contributed by atoms with E-state index in [4.69, 9.17) is 9.47 Å². The molecule has 4 aromatic carbocycles. The molecule has 0 spiro atoms. The molecule has 0 aliphatic rings. The lowest BCUT2D eigenvalue weighted by molar-refractivity contribution is -0.275. The van der Waals surface area contributed by atoms with Gasteiger partial charge in [0.05, 0.1) is 16.1 Å². The molecular formula is C54H79F6NO2P2Si2.